The van der Waals surface area contributed by atoms with Crippen molar-refractivity contribution in [2.45, 2.75) is 4.90 Å². The Bertz CT molecular complexity index is 641. The van der Waals surface area contributed by atoms with Gasteiger partial charge in [-0.1, -0.05) is 36.4 Å². The first-order valence-electron chi connectivity index (χ1n) is 4.50. The van der Waals surface area contributed by atoms with E-state index in [1.807, 2.05) is 0 Å². The Hall–Kier alpha value is -1.11. The molecule has 0 aliphatic rings. The summed E-state index contributed by atoms with van der Waals surface area (Å²) in [7, 11) is -4.00. The Labute approximate surface area is 118 Å². The van der Waals surface area contributed by atoms with Gasteiger partial charge in [0.2, 0.25) is 0 Å². The minimum absolute atomic E-state index is 0. The third-order valence-electron chi connectivity index (χ3n) is 2.18. The van der Waals surface area contributed by atoms with Crippen LogP contribution in [0, 0.1) is 0 Å². The van der Waals surface area contributed by atoms with E-state index in [2.05, 4.69) is 4.18 Å². The largest absolute Gasteiger partial charge is 2.00 e. The van der Waals surface area contributed by atoms with Crippen molar-refractivity contribution < 1.29 is 20.2 Å². The zero-order valence-corrected chi connectivity index (χ0v) is 11.1. The van der Waals surface area contributed by atoms with E-state index in [-0.39, 0.29) is 37.3 Å². The second-order valence-electron chi connectivity index (χ2n) is 3.12. The molecular formula is C11H10MgO4S. The van der Waals surface area contributed by atoms with Gasteiger partial charge in [0.05, 0.1) is 0 Å². The maximum absolute atomic E-state index is 11.6. The summed E-state index contributed by atoms with van der Waals surface area (Å²) in [5, 5.41) is 1.31. The minimum Gasteiger partial charge on any atom is -1.00 e. The van der Waals surface area contributed by atoms with Crippen LogP contribution in [0.15, 0.2) is 47.4 Å². The molecule has 0 spiro atoms. The first kappa shape index (κ1) is 13.9. The minimum atomic E-state index is -4.00. The van der Waals surface area contributed by atoms with Crippen LogP contribution in [0.25, 0.3) is 10.8 Å². The number of carbonyl (C=O) groups excluding carboxylic acids is 1. The van der Waals surface area contributed by atoms with Crippen molar-refractivity contribution in [3.05, 3.63) is 42.5 Å². The van der Waals surface area contributed by atoms with E-state index in [9.17, 15) is 13.2 Å². The van der Waals surface area contributed by atoms with Crippen LogP contribution in [-0.2, 0) is 19.1 Å². The molecule has 17 heavy (non-hydrogen) atoms. The second-order valence-corrected chi connectivity index (χ2v) is 4.66. The van der Waals surface area contributed by atoms with Gasteiger partial charge in [-0.3, -0.25) is 4.79 Å². The monoisotopic (exact) mass is 262 g/mol. The summed E-state index contributed by atoms with van der Waals surface area (Å²) in [6, 6.07) is 11.8. The molecule has 2 aromatic rings. The standard InChI is InChI=1S/C11H8O4S.Mg.2H/c12-8-15-16(13,14)11-7-3-5-9-4-1-2-6-10(9)11;;;/h1-8H;;;/q;+2;2*-1. The summed E-state index contributed by atoms with van der Waals surface area (Å²) in [6.45, 7) is -0.0862. The molecule has 0 aromatic heterocycles. The van der Waals surface area contributed by atoms with Gasteiger partial charge < -0.3 is 7.04 Å². The maximum Gasteiger partial charge on any atom is 2.00 e. The summed E-state index contributed by atoms with van der Waals surface area (Å²) in [4.78, 5) is 10.1. The van der Waals surface area contributed by atoms with E-state index in [0.717, 1.165) is 5.39 Å². The van der Waals surface area contributed by atoms with Gasteiger partial charge in [0.25, 0.3) is 0 Å². The molecule has 0 N–H and O–H groups in total. The molecule has 0 saturated heterocycles. The fourth-order valence-electron chi connectivity index (χ4n) is 1.52. The van der Waals surface area contributed by atoms with Gasteiger partial charge in [0.1, 0.15) is 4.90 Å². The smallest absolute Gasteiger partial charge is 1.00 e. The number of benzene rings is 2. The Balaban J connectivity index is 0. The van der Waals surface area contributed by atoms with Crippen LogP contribution in [0.3, 0.4) is 0 Å². The molecule has 6 heteroatoms. The SMILES string of the molecule is O=COS(=O)(=O)c1cccc2ccccc12.[H-].[H-].[Mg+2]. The van der Waals surface area contributed by atoms with E-state index in [0.29, 0.717) is 5.39 Å². The summed E-state index contributed by atoms with van der Waals surface area (Å²) < 4.78 is 27.3. The number of carbonyl (C=O) groups is 1. The first-order valence-corrected chi connectivity index (χ1v) is 5.91. The number of hydrogen-bond donors (Lipinski definition) is 0. The van der Waals surface area contributed by atoms with Crippen LogP contribution in [0.1, 0.15) is 2.85 Å². The van der Waals surface area contributed by atoms with Crippen LogP contribution in [-0.4, -0.2) is 37.9 Å². The third kappa shape index (κ3) is 2.77. The zero-order valence-electron chi connectivity index (χ0n) is 10.9. The van der Waals surface area contributed by atoms with E-state index in [1.54, 1.807) is 36.4 Å². The van der Waals surface area contributed by atoms with Crippen molar-refractivity contribution in [2.75, 3.05) is 0 Å². The van der Waals surface area contributed by atoms with Gasteiger partial charge >= 0.3 is 39.6 Å². The summed E-state index contributed by atoms with van der Waals surface area (Å²) in [6.07, 6.45) is 0. The van der Waals surface area contributed by atoms with Crippen LogP contribution < -0.4 is 0 Å². The van der Waals surface area contributed by atoms with E-state index < -0.39 is 10.1 Å². The number of rotatable bonds is 3. The molecule has 0 bridgehead atoms. The van der Waals surface area contributed by atoms with Gasteiger partial charge in [-0.25, -0.2) is 0 Å². The molecule has 2 rings (SSSR count). The molecular weight excluding hydrogens is 252 g/mol. The topological polar surface area (TPSA) is 60.4 Å². The molecule has 0 saturated carbocycles. The molecule has 0 amide bonds. The molecule has 2 aromatic carbocycles. The van der Waals surface area contributed by atoms with Crippen LogP contribution in [0.2, 0.25) is 0 Å². The van der Waals surface area contributed by atoms with E-state index in [4.69, 9.17) is 0 Å². The van der Waals surface area contributed by atoms with Gasteiger partial charge in [-0.15, -0.1) is 0 Å². The molecule has 0 heterocycles. The van der Waals surface area contributed by atoms with Crippen molar-refractivity contribution in [2.24, 2.45) is 0 Å². The molecule has 4 nitrogen and oxygen atoms in total. The average molecular weight is 263 g/mol. The molecule has 0 fully saturated rings. The normalized spacial score (nSPS) is 10.6. The molecule has 0 radical (unpaired) electrons. The number of hydrogen-bond acceptors (Lipinski definition) is 4. The Morgan fingerprint density at radius 3 is 2.41 bits per heavy atom. The van der Waals surface area contributed by atoms with Gasteiger partial charge in [0.15, 0.2) is 0 Å². The van der Waals surface area contributed by atoms with E-state index in [1.165, 1.54) is 6.07 Å². The predicted octanol–water partition coefficient (Wildman–Crippen LogP) is 1.55. The Morgan fingerprint density at radius 1 is 1.06 bits per heavy atom. The van der Waals surface area contributed by atoms with Crippen molar-refractivity contribution >= 4 is 50.4 Å². The molecule has 0 unspecified atom stereocenters. The zero-order chi connectivity index (χ0) is 11.6. The third-order valence-corrected chi connectivity index (χ3v) is 3.41. The van der Waals surface area contributed by atoms with Crippen molar-refractivity contribution in [3.63, 3.8) is 0 Å². The molecule has 0 aliphatic carbocycles. The fraction of sp³-hybridized carbons (Fsp3) is 0. The maximum atomic E-state index is 11.6. The summed E-state index contributed by atoms with van der Waals surface area (Å²) in [5.74, 6) is 0. The van der Waals surface area contributed by atoms with Crippen LogP contribution in [0.5, 0.6) is 0 Å². The average Bonchev–Trinajstić information content (AvgIpc) is 2.28. The molecule has 86 valence electrons. The summed E-state index contributed by atoms with van der Waals surface area (Å²) >= 11 is 0. The Kier molecular flexibility index (Phi) is 4.50. The number of fused-ring (bicyclic) bond motifs is 1. The predicted molar refractivity (Wildman–Crippen MR) is 66.3 cm³/mol. The Morgan fingerprint density at radius 2 is 1.71 bits per heavy atom. The first-order chi connectivity index (χ1) is 7.65. The molecule has 0 atom stereocenters. The van der Waals surface area contributed by atoms with Crippen molar-refractivity contribution in [3.8, 4) is 0 Å². The second kappa shape index (κ2) is 5.48. The fourth-order valence-corrected chi connectivity index (χ4v) is 2.42. The van der Waals surface area contributed by atoms with Crippen molar-refractivity contribution in [1.29, 1.82) is 0 Å². The quantitative estimate of drug-likeness (QED) is 0.478. The van der Waals surface area contributed by atoms with E-state index >= 15 is 0 Å². The van der Waals surface area contributed by atoms with Gasteiger partial charge in [-0.2, -0.15) is 8.42 Å². The van der Waals surface area contributed by atoms with Crippen LogP contribution in [0.4, 0.5) is 0 Å². The summed E-state index contributed by atoms with van der Waals surface area (Å²) in [5.41, 5.74) is 0. The molecule has 0 aliphatic heterocycles. The van der Waals surface area contributed by atoms with Crippen LogP contribution >= 0.6 is 0 Å². The van der Waals surface area contributed by atoms with Crippen molar-refractivity contribution in [1.82, 2.24) is 0 Å². The van der Waals surface area contributed by atoms with Gasteiger partial charge in [0, 0.05) is 5.39 Å². The van der Waals surface area contributed by atoms with Gasteiger partial charge in [-0.05, 0) is 11.5 Å².